The summed E-state index contributed by atoms with van der Waals surface area (Å²) < 4.78 is 11.3. The second-order valence-corrected chi connectivity index (χ2v) is 12.4. The molecular formula is C39H44Cl2N2O4. The second kappa shape index (κ2) is 19.9. The summed E-state index contributed by atoms with van der Waals surface area (Å²) in [5.41, 5.74) is 3.02. The molecule has 0 spiro atoms. The van der Waals surface area contributed by atoms with E-state index in [1.807, 2.05) is 84.9 Å². The molecule has 0 bridgehead atoms. The molecule has 0 aliphatic carbocycles. The van der Waals surface area contributed by atoms with Crippen LogP contribution in [0.1, 0.15) is 35.1 Å². The van der Waals surface area contributed by atoms with Gasteiger partial charge in [-0.3, -0.25) is 19.4 Å². The molecule has 0 N–H and O–H groups in total. The van der Waals surface area contributed by atoms with Gasteiger partial charge in [-0.25, -0.2) is 0 Å². The largest absolute Gasteiger partial charge is 0.460 e. The van der Waals surface area contributed by atoms with Gasteiger partial charge in [0.25, 0.3) is 0 Å². The number of carbonyl (C=O) groups excluding carboxylic acids is 2. The normalized spacial score (nSPS) is 14.1. The first kappa shape index (κ1) is 36.2. The molecule has 1 aliphatic heterocycles. The van der Waals surface area contributed by atoms with Crippen LogP contribution in [-0.2, 0) is 45.4 Å². The number of piperidine rings is 1. The summed E-state index contributed by atoms with van der Waals surface area (Å²) in [5.74, 6) is 0.320. The molecule has 8 heteroatoms. The van der Waals surface area contributed by atoms with Gasteiger partial charge in [0, 0.05) is 51.0 Å². The minimum atomic E-state index is -1.28. The van der Waals surface area contributed by atoms with Crippen molar-refractivity contribution in [3.05, 3.63) is 144 Å². The van der Waals surface area contributed by atoms with E-state index in [4.69, 9.17) is 32.7 Å². The van der Waals surface area contributed by atoms with E-state index in [0.717, 1.165) is 37.3 Å². The van der Waals surface area contributed by atoms with Crippen molar-refractivity contribution < 1.29 is 19.1 Å². The predicted octanol–water partition coefficient (Wildman–Crippen LogP) is 7.72. The summed E-state index contributed by atoms with van der Waals surface area (Å²) in [6.07, 6.45) is 0.752. The number of rotatable bonds is 14. The molecule has 6 nitrogen and oxygen atoms in total. The van der Waals surface area contributed by atoms with Crippen molar-refractivity contribution in [2.45, 2.75) is 39.1 Å². The van der Waals surface area contributed by atoms with Crippen molar-refractivity contribution in [1.82, 2.24) is 9.80 Å². The summed E-state index contributed by atoms with van der Waals surface area (Å²) >= 11 is 11.4. The zero-order chi connectivity index (χ0) is 33.2. The summed E-state index contributed by atoms with van der Waals surface area (Å²) in [6, 6.07) is 39.6. The molecule has 4 aromatic rings. The molecule has 1 fully saturated rings. The number of nitrogens with zero attached hydrogens (tertiary/aromatic N) is 2. The van der Waals surface area contributed by atoms with Gasteiger partial charge in [-0.05, 0) is 35.1 Å². The lowest BCUT2D eigenvalue weighted by Gasteiger charge is -2.38. The van der Waals surface area contributed by atoms with Gasteiger partial charge in [-0.1, -0.05) is 121 Å². The van der Waals surface area contributed by atoms with Crippen LogP contribution in [0.4, 0.5) is 0 Å². The van der Waals surface area contributed by atoms with Crippen molar-refractivity contribution in [2.24, 2.45) is 5.41 Å². The number of benzene rings is 4. The highest BCUT2D eigenvalue weighted by Crippen LogP contribution is 2.36. The first-order chi connectivity index (χ1) is 23.0. The molecule has 0 saturated carbocycles. The Labute approximate surface area is 289 Å². The Bertz CT molecular complexity index is 1390. The van der Waals surface area contributed by atoms with Crippen LogP contribution in [0.5, 0.6) is 0 Å². The lowest BCUT2D eigenvalue weighted by atomic mass is 9.78. The predicted molar refractivity (Wildman–Crippen MR) is 189 cm³/mol. The van der Waals surface area contributed by atoms with Gasteiger partial charge in [0.15, 0.2) is 5.41 Å². The number of alkyl halides is 2. The zero-order valence-corrected chi connectivity index (χ0v) is 28.3. The fraction of sp³-hybridized carbons (Fsp3) is 0.333. The van der Waals surface area contributed by atoms with E-state index in [9.17, 15) is 9.59 Å². The maximum Gasteiger partial charge on any atom is 0.323 e. The van der Waals surface area contributed by atoms with E-state index >= 15 is 0 Å². The summed E-state index contributed by atoms with van der Waals surface area (Å²) in [7, 11) is 0. The molecule has 0 amide bonds. The highest BCUT2D eigenvalue weighted by atomic mass is 35.5. The van der Waals surface area contributed by atoms with E-state index < -0.39 is 17.4 Å². The molecule has 1 saturated heterocycles. The van der Waals surface area contributed by atoms with Crippen molar-refractivity contribution in [2.75, 3.05) is 37.9 Å². The first-order valence-electron chi connectivity index (χ1n) is 16.1. The lowest BCUT2D eigenvalue weighted by Crippen LogP contribution is -2.50. The van der Waals surface area contributed by atoms with Gasteiger partial charge < -0.3 is 9.47 Å². The Morgan fingerprint density at radius 3 is 1.38 bits per heavy atom. The van der Waals surface area contributed by atoms with Crippen LogP contribution < -0.4 is 0 Å². The molecular weight excluding hydrogens is 631 g/mol. The molecule has 47 heavy (non-hydrogen) atoms. The van der Waals surface area contributed by atoms with Crippen LogP contribution in [-0.4, -0.2) is 59.7 Å². The fourth-order valence-electron chi connectivity index (χ4n) is 5.50. The number of halogens is 2. The number of carbonyl (C=O) groups is 2. The smallest absolute Gasteiger partial charge is 0.323 e. The molecule has 1 aliphatic rings. The quantitative estimate of drug-likeness (QED) is 0.0776. The number of hydrogen-bond acceptors (Lipinski definition) is 6. The van der Waals surface area contributed by atoms with Crippen molar-refractivity contribution in [3.8, 4) is 0 Å². The van der Waals surface area contributed by atoms with Gasteiger partial charge >= 0.3 is 11.9 Å². The zero-order valence-electron chi connectivity index (χ0n) is 26.8. The lowest BCUT2D eigenvalue weighted by molar-refractivity contribution is -0.178. The first-order valence-corrected chi connectivity index (χ1v) is 17.2. The molecule has 0 aromatic heterocycles. The van der Waals surface area contributed by atoms with Crippen molar-refractivity contribution >= 4 is 35.1 Å². The average Bonchev–Trinajstić information content (AvgIpc) is 3.12. The Hall–Kier alpha value is -3.68. The number of hydrogen-bond donors (Lipinski definition) is 0. The highest BCUT2D eigenvalue weighted by Gasteiger charge is 2.50. The Morgan fingerprint density at radius 2 is 0.979 bits per heavy atom. The number of ether oxygens (including phenoxy) is 2. The van der Waals surface area contributed by atoms with Gasteiger partial charge in [-0.15, -0.1) is 23.2 Å². The van der Waals surface area contributed by atoms with Crippen LogP contribution >= 0.6 is 23.2 Å². The van der Waals surface area contributed by atoms with E-state index in [2.05, 4.69) is 46.2 Å². The minimum absolute atomic E-state index is 0.140. The van der Waals surface area contributed by atoms with Crippen molar-refractivity contribution in [3.63, 3.8) is 0 Å². The summed E-state index contributed by atoms with van der Waals surface area (Å²) in [4.78, 5) is 31.1. The van der Waals surface area contributed by atoms with Gasteiger partial charge in [0.2, 0.25) is 0 Å². The molecule has 0 atom stereocenters. The maximum atomic E-state index is 13.3. The summed E-state index contributed by atoms with van der Waals surface area (Å²) in [6.45, 7) is 5.02. The van der Waals surface area contributed by atoms with E-state index in [1.165, 1.54) is 11.1 Å². The third-order valence-electron chi connectivity index (χ3n) is 8.22. The third kappa shape index (κ3) is 11.8. The maximum absolute atomic E-state index is 13.3. The van der Waals surface area contributed by atoms with E-state index in [-0.39, 0.29) is 13.2 Å². The van der Waals surface area contributed by atoms with E-state index in [1.54, 1.807) is 0 Å². The van der Waals surface area contributed by atoms with Crippen molar-refractivity contribution in [1.29, 1.82) is 0 Å². The number of esters is 2. The average molecular weight is 676 g/mol. The molecule has 4 aromatic carbocycles. The second-order valence-electron chi connectivity index (χ2n) is 11.6. The molecule has 248 valence electrons. The third-order valence-corrected chi connectivity index (χ3v) is 8.55. The monoisotopic (exact) mass is 674 g/mol. The van der Waals surface area contributed by atoms with E-state index in [0.29, 0.717) is 37.7 Å². The molecule has 0 unspecified atom stereocenters. The van der Waals surface area contributed by atoms with Crippen LogP contribution in [0.3, 0.4) is 0 Å². The minimum Gasteiger partial charge on any atom is -0.460 e. The Kier molecular flexibility index (Phi) is 15.3. The standard InChI is InChI=1S/C28H29NO4.C11H15Cl2N/c30-26(32-21-24-12-6-2-7-13-24)28(27(31)33-22-25-14-8-3-9-15-25)16-18-29(19-17-28)20-23-10-4-1-5-11-23;12-6-8-14(9-7-13)10-11-4-2-1-3-5-11/h1-15H,16-22H2;1-5H,6-10H2. The van der Waals surface area contributed by atoms with Crippen LogP contribution in [0.15, 0.2) is 121 Å². The molecule has 5 rings (SSSR count). The molecule has 0 radical (unpaired) electrons. The fourth-order valence-corrected chi connectivity index (χ4v) is 5.98. The highest BCUT2D eigenvalue weighted by molar-refractivity contribution is 6.18. The van der Waals surface area contributed by atoms with Crippen LogP contribution in [0.2, 0.25) is 0 Å². The van der Waals surface area contributed by atoms with Gasteiger partial charge in [0.05, 0.1) is 0 Å². The van der Waals surface area contributed by atoms with Gasteiger partial charge in [0.1, 0.15) is 13.2 Å². The van der Waals surface area contributed by atoms with Gasteiger partial charge in [-0.2, -0.15) is 0 Å². The summed E-state index contributed by atoms with van der Waals surface area (Å²) in [5, 5.41) is 0. The Balaban J connectivity index is 0.000000300. The number of likely N-dealkylation sites (tertiary alicyclic amines) is 1. The molecule has 1 heterocycles. The topological polar surface area (TPSA) is 59.1 Å². The van der Waals surface area contributed by atoms with Crippen LogP contribution in [0.25, 0.3) is 0 Å². The SMILES string of the molecule is ClCCN(CCCl)Cc1ccccc1.O=C(OCc1ccccc1)C1(C(=O)OCc2ccccc2)CCN(Cc2ccccc2)CC1. The Morgan fingerprint density at radius 1 is 0.596 bits per heavy atom. The van der Waals surface area contributed by atoms with Crippen LogP contribution in [0, 0.1) is 5.41 Å².